The van der Waals surface area contributed by atoms with Crippen molar-refractivity contribution in [2.45, 2.75) is 51.7 Å². The van der Waals surface area contributed by atoms with Crippen LogP contribution in [0, 0.1) is 12.8 Å². The molecule has 2 heterocycles. The Bertz CT molecular complexity index is 1060. The molecule has 0 bridgehead atoms. The number of pyridine rings is 1. The van der Waals surface area contributed by atoms with E-state index in [-0.39, 0.29) is 17.9 Å². The monoisotopic (exact) mass is 482 g/mol. The molecule has 1 aliphatic heterocycles. The van der Waals surface area contributed by atoms with Gasteiger partial charge in [-0.2, -0.15) is 5.10 Å². The number of amides is 1. The quantitative estimate of drug-likeness (QED) is 0.205. The van der Waals surface area contributed by atoms with Crippen LogP contribution in [0.2, 0.25) is 0 Å². The van der Waals surface area contributed by atoms with Gasteiger partial charge in [-0.25, -0.2) is 0 Å². The molecular weight excluding hydrogens is 452 g/mol. The van der Waals surface area contributed by atoms with Gasteiger partial charge in [-0.3, -0.25) is 14.6 Å². The molecule has 1 saturated heterocycles. The third-order valence-corrected chi connectivity index (χ3v) is 7.06. The minimum Gasteiger partial charge on any atom is -0.489 e. The van der Waals surface area contributed by atoms with Crippen molar-refractivity contribution in [3.8, 4) is 5.75 Å². The van der Waals surface area contributed by atoms with Gasteiger partial charge in [0.05, 0.1) is 12.5 Å². The SMILES string of the molecule is Cc1cc(COc2ccc(C(=O)NC3CCOCC3/C(=N/N)SC=O)cc2)c2c(n1)CCCC2. The number of carbonyl (C=O) groups excluding carboxylic acids is 2. The summed E-state index contributed by atoms with van der Waals surface area (Å²) in [6.45, 7) is 3.38. The molecule has 34 heavy (non-hydrogen) atoms. The van der Waals surface area contributed by atoms with E-state index in [2.05, 4.69) is 16.5 Å². The normalized spacial score (nSPS) is 20.3. The topological polar surface area (TPSA) is 116 Å². The fourth-order valence-corrected chi connectivity index (χ4v) is 5.17. The maximum Gasteiger partial charge on any atom is 0.251 e. The van der Waals surface area contributed by atoms with Crippen molar-refractivity contribution in [1.82, 2.24) is 10.3 Å². The van der Waals surface area contributed by atoms with Crippen molar-refractivity contribution in [3.05, 3.63) is 58.4 Å². The molecule has 9 heteroatoms. The number of hydrogen-bond acceptors (Lipinski definition) is 8. The van der Waals surface area contributed by atoms with E-state index in [0.717, 1.165) is 30.3 Å². The van der Waals surface area contributed by atoms with E-state index in [9.17, 15) is 9.59 Å². The van der Waals surface area contributed by atoms with Gasteiger partial charge in [-0.05, 0) is 92.2 Å². The second kappa shape index (κ2) is 11.5. The Balaban J connectivity index is 1.38. The van der Waals surface area contributed by atoms with Gasteiger partial charge in [-0.1, -0.05) is 0 Å². The lowest BCUT2D eigenvalue weighted by atomic mass is 9.92. The number of aryl methyl sites for hydroxylation is 2. The standard InChI is InChI=1S/C25H30N4O4S/c1-16-12-18(20-4-2-3-5-22(20)27-16)13-33-19-8-6-17(7-9-19)24(31)28-23-10-11-32-14-21(23)25(29-26)34-15-30/h6-9,12,15,21,23H,2-5,10-11,13-14,26H2,1H3,(H,28,31)/b29-25-. The van der Waals surface area contributed by atoms with E-state index in [1.807, 2.05) is 19.1 Å². The van der Waals surface area contributed by atoms with Crippen LogP contribution in [0.4, 0.5) is 0 Å². The van der Waals surface area contributed by atoms with Crippen molar-refractivity contribution < 1.29 is 19.1 Å². The lowest BCUT2D eigenvalue weighted by molar-refractivity contribution is 0.0530. The molecule has 4 rings (SSSR count). The summed E-state index contributed by atoms with van der Waals surface area (Å²) >= 11 is 0.917. The number of aromatic nitrogens is 1. The molecule has 0 radical (unpaired) electrons. The maximum absolute atomic E-state index is 12.9. The Morgan fingerprint density at radius 1 is 1.32 bits per heavy atom. The number of hydrogen-bond donors (Lipinski definition) is 2. The second-order valence-corrected chi connectivity index (χ2v) is 9.45. The van der Waals surface area contributed by atoms with Gasteiger partial charge in [0.25, 0.3) is 5.91 Å². The lowest BCUT2D eigenvalue weighted by Crippen LogP contribution is -2.48. The molecule has 1 aliphatic carbocycles. The number of benzene rings is 1. The molecule has 2 unspecified atom stereocenters. The average Bonchev–Trinajstić information content (AvgIpc) is 2.86. The Morgan fingerprint density at radius 3 is 2.88 bits per heavy atom. The van der Waals surface area contributed by atoms with Crippen LogP contribution in [0.1, 0.15) is 52.1 Å². The van der Waals surface area contributed by atoms with Gasteiger partial charge >= 0.3 is 0 Å². The van der Waals surface area contributed by atoms with Crippen LogP contribution in [0.15, 0.2) is 35.4 Å². The van der Waals surface area contributed by atoms with Crippen molar-refractivity contribution in [3.63, 3.8) is 0 Å². The van der Waals surface area contributed by atoms with Crippen LogP contribution >= 0.6 is 11.8 Å². The first-order valence-electron chi connectivity index (χ1n) is 11.6. The Kier molecular flexibility index (Phi) is 8.18. The predicted octanol–water partition coefficient (Wildman–Crippen LogP) is 3.18. The maximum atomic E-state index is 12.9. The molecule has 0 saturated carbocycles. The molecule has 2 aliphatic rings. The van der Waals surface area contributed by atoms with E-state index >= 15 is 0 Å². The molecule has 1 amide bonds. The number of nitrogens with zero attached hydrogens (tertiary/aromatic N) is 2. The highest BCUT2D eigenvalue weighted by Gasteiger charge is 2.32. The number of ether oxygens (including phenoxy) is 2. The Hall–Kier alpha value is -2.91. The predicted molar refractivity (Wildman–Crippen MR) is 133 cm³/mol. The summed E-state index contributed by atoms with van der Waals surface area (Å²) in [7, 11) is 0. The zero-order valence-corrected chi connectivity index (χ0v) is 20.1. The molecule has 0 spiro atoms. The fraction of sp³-hybridized carbons (Fsp3) is 0.440. The van der Waals surface area contributed by atoms with Crippen molar-refractivity contribution in [1.29, 1.82) is 0 Å². The Morgan fingerprint density at radius 2 is 2.12 bits per heavy atom. The summed E-state index contributed by atoms with van der Waals surface area (Å²) in [6, 6.07) is 9.03. The molecule has 2 atom stereocenters. The van der Waals surface area contributed by atoms with Crippen molar-refractivity contribution >= 4 is 28.3 Å². The van der Waals surface area contributed by atoms with Gasteiger partial charge in [-0.15, -0.1) is 0 Å². The van der Waals surface area contributed by atoms with E-state index in [4.69, 9.17) is 20.3 Å². The molecule has 3 N–H and O–H groups in total. The molecule has 1 aromatic carbocycles. The Labute approximate surface area is 203 Å². The largest absolute Gasteiger partial charge is 0.489 e. The summed E-state index contributed by atoms with van der Waals surface area (Å²) in [6.07, 6.45) is 5.09. The molecular formula is C25H30N4O4S. The van der Waals surface area contributed by atoms with Crippen LogP contribution in [0.25, 0.3) is 0 Å². The van der Waals surface area contributed by atoms with E-state index in [1.54, 1.807) is 12.1 Å². The van der Waals surface area contributed by atoms with E-state index in [0.29, 0.717) is 48.2 Å². The first-order valence-corrected chi connectivity index (χ1v) is 12.4. The molecule has 1 fully saturated rings. The number of rotatable bonds is 7. The number of hydrazone groups is 1. The molecule has 8 nitrogen and oxygen atoms in total. The highest BCUT2D eigenvalue weighted by molar-refractivity contribution is 8.24. The second-order valence-electron chi connectivity index (χ2n) is 8.60. The van der Waals surface area contributed by atoms with Gasteiger partial charge in [0, 0.05) is 29.6 Å². The summed E-state index contributed by atoms with van der Waals surface area (Å²) in [5.41, 5.74) is 5.96. The van der Waals surface area contributed by atoms with Crippen LogP contribution < -0.4 is 15.9 Å². The number of nitrogens with one attached hydrogen (secondary N) is 1. The van der Waals surface area contributed by atoms with Crippen molar-refractivity contribution in [2.75, 3.05) is 13.2 Å². The van der Waals surface area contributed by atoms with Crippen LogP contribution in [0.3, 0.4) is 0 Å². The third kappa shape index (κ3) is 5.77. The minimum atomic E-state index is -0.254. The number of fused-ring (bicyclic) bond motifs is 1. The van der Waals surface area contributed by atoms with Crippen LogP contribution in [-0.2, 0) is 29.0 Å². The van der Waals surface area contributed by atoms with Gasteiger partial charge in [0.2, 0.25) is 0 Å². The van der Waals surface area contributed by atoms with Gasteiger partial charge < -0.3 is 20.6 Å². The lowest BCUT2D eigenvalue weighted by Gasteiger charge is -2.32. The number of nitrogens with two attached hydrogens (primary N) is 1. The van der Waals surface area contributed by atoms with E-state index in [1.165, 1.54) is 29.7 Å². The zero-order chi connectivity index (χ0) is 23.9. The number of carbonyl (C=O) groups is 2. The first kappa shape index (κ1) is 24.2. The summed E-state index contributed by atoms with van der Waals surface area (Å²) in [5, 5.41) is 7.22. The molecule has 180 valence electrons. The summed E-state index contributed by atoms with van der Waals surface area (Å²) < 4.78 is 11.6. The fourth-order valence-electron chi connectivity index (χ4n) is 4.60. The van der Waals surface area contributed by atoms with Gasteiger partial charge in [0.15, 0.2) is 5.62 Å². The highest BCUT2D eigenvalue weighted by atomic mass is 32.2. The smallest absolute Gasteiger partial charge is 0.251 e. The summed E-state index contributed by atoms with van der Waals surface area (Å²) in [4.78, 5) is 28.5. The minimum absolute atomic E-state index is 0.199. The highest BCUT2D eigenvalue weighted by Crippen LogP contribution is 2.26. The molecule has 1 aromatic heterocycles. The zero-order valence-electron chi connectivity index (χ0n) is 19.3. The number of thioether (sulfide) groups is 1. The first-order chi connectivity index (χ1) is 16.6. The summed E-state index contributed by atoms with van der Waals surface area (Å²) in [5.74, 6) is 5.70. The van der Waals surface area contributed by atoms with Crippen LogP contribution in [-0.4, -0.2) is 40.8 Å². The van der Waals surface area contributed by atoms with E-state index < -0.39 is 0 Å². The third-order valence-electron chi connectivity index (χ3n) is 6.32. The van der Waals surface area contributed by atoms with Gasteiger partial charge in [0.1, 0.15) is 17.4 Å². The molecule has 2 aromatic rings. The van der Waals surface area contributed by atoms with Crippen LogP contribution in [0.5, 0.6) is 5.75 Å². The average molecular weight is 483 g/mol. The van der Waals surface area contributed by atoms with Crippen molar-refractivity contribution in [2.24, 2.45) is 16.9 Å².